The number of carboxylic acids is 1. The lowest BCUT2D eigenvalue weighted by Crippen LogP contribution is -2.16. The molecule has 1 N–H and O–H groups in total. The molecule has 0 radical (unpaired) electrons. The highest BCUT2D eigenvalue weighted by Gasteiger charge is 2.20. The maximum absolute atomic E-state index is 10.8. The van der Waals surface area contributed by atoms with E-state index in [1.165, 1.54) is 0 Å². The molecule has 0 saturated heterocycles. The summed E-state index contributed by atoms with van der Waals surface area (Å²) in [5.74, 6) is -1.34. The fourth-order valence-corrected chi connectivity index (χ4v) is 1.98. The summed E-state index contributed by atoms with van der Waals surface area (Å²) in [7, 11) is -0.532. The largest absolute Gasteiger partial charge is 0.481 e. The van der Waals surface area contributed by atoms with Crippen molar-refractivity contribution in [1.82, 2.24) is 0 Å². The van der Waals surface area contributed by atoms with E-state index in [1.54, 1.807) is 0 Å². The number of carbonyl (C=O) groups is 1. The van der Waals surface area contributed by atoms with Crippen LogP contribution in [0.15, 0.2) is 30.3 Å². The van der Waals surface area contributed by atoms with Gasteiger partial charge in [0.1, 0.15) is 5.92 Å². The second-order valence-electron chi connectivity index (χ2n) is 3.41. The third-order valence-electron chi connectivity index (χ3n) is 2.30. The fraction of sp³-hybridized carbons (Fsp3) is 0.364. The van der Waals surface area contributed by atoms with Crippen molar-refractivity contribution in [2.45, 2.75) is 12.8 Å². The summed E-state index contributed by atoms with van der Waals surface area (Å²) in [4.78, 5) is 10.8. The lowest BCUT2D eigenvalue weighted by Gasteiger charge is -2.05. The highest BCUT2D eigenvalue weighted by molar-refractivity contribution is 7.23. The third kappa shape index (κ3) is 4.22. The van der Waals surface area contributed by atoms with Gasteiger partial charge in [-0.05, 0) is 18.4 Å². The first-order chi connectivity index (χ1) is 7.24. The first-order valence-electron chi connectivity index (χ1n) is 4.85. The van der Waals surface area contributed by atoms with Crippen LogP contribution in [0, 0.1) is 5.92 Å². The van der Waals surface area contributed by atoms with Gasteiger partial charge in [0.2, 0.25) is 0 Å². The van der Waals surface area contributed by atoms with Crippen molar-refractivity contribution in [3.05, 3.63) is 35.9 Å². The number of aryl methyl sites for hydroxylation is 1. The lowest BCUT2D eigenvalue weighted by atomic mass is 10.0. The molecular formula is C11H14O3P+. The van der Waals surface area contributed by atoms with Gasteiger partial charge in [-0.25, -0.2) is 0 Å². The number of hydrogen-bond acceptors (Lipinski definition) is 2. The van der Waals surface area contributed by atoms with Gasteiger partial charge in [0, 0.05) is 0 Å². The number of carboxylic acid groups (broad SMARTS) is 1. The van der Waals surface area contributed by atoms with Gasteiger partial charge in [-0.2, -0.15) is 0 Å². The summed E-state index contributed by atoms with van der Waals surface area (Å²) in [6, 6.07) is 9.73. The van der Waals surface area contributed by atoms with E-state index in [0.29, 0.717) is 6.42 Å². The highest BCUT2D eigenvalue weighted by atomic mass is 31.1. The first-order valence-corrected chi connectivity index (χ1v) is 5.97. The molecule has 1 aromatic carbocycles. The molecule has 0 heterocycles. The minimum atomic E-state index is -0.853. The molecule has 0 bridgehead atoms. The Labute approximate surface area is 90.3 Å². The Morgan fingerprint density at radius 3 is 2.53 bits per heavy atom. The number of rotatable bonds is 6. The van der Waals surface area contributed by atoms with Gasteiger partial charge in [-0.3, -0.25) is 4.79 Å². The number of benzene rings is 1. The van der Waals surface area contributed by atoms with Crippen molar-refractivity contribution in [3.8, 4) is 0 Å². The molecule has 0 saturated carbocycles. The number of aliphatic carboxylic acids is 1. The Morgan fingerprint density at radius 1 is 1.33 bits per heavy atom. The zero-order valence-electron chi connectivity index (χ0n) is 8.35. The van der Waals surface area contributed by atoms with Gasteiger partial charge >= 0.3 is 14.4 Å². The van der Waals surface area contributed by atoms with Gasteiger partial charge in [-0.15, -0.1) is 0 Å². The fourth-order valence-electron chi connectivity index (χ4n) is 1.40. The molecule has 0 spiro atoms. The summed E-state index contributed by atoms with van der Waals surface area (Å²) in [6.07, 6.45) is 1.53. The number of hydrogen-bond donors (Lipinski definition) is 1. The second kappa shape index (κ2) is 6.31. The van der Waals surface area contributed by atoms with E-state index < -0.39 is 20.3 Å². The van der Waals surface area contributed by atoms with E-state index in [9.17, 15) is 9.36 Å². The summed E-state index contributed by atoms with van der Waals surface area (Å²) in [5, 5.41) is 8.85. The van der Waals surface area contributed by atoms with Crippen LogP contribution in [0.25, 0.3) is 0 Å². The van der Waals surface area contributed by atoms with Crippen LogP contribution in [-0.4, -0.2) is 17.2 Å². The first kappa shape index (κ1) is 11.9. The van der Waals surface area contributed by atoms with Crippen molar-refractivity contribution in [2.75, 3.05) is 6.16 Å². The minimum absolute atomic E-state index is 0.252. The van der Waals surface area contributed by atoms with Crippen molar-refractivity contribution >= 4 is 14.4 Å². The van der Waals surface area contributed by atoms with E-state index in [0.717, 1.165) is 12.0 Å². The molecule has 0 aromatic heterocycles. The molecular weight excluding hydrogens is 211 g/mol. The molecule has 1 rings (SSSR count). The molecule has 0 fully saturated rings. The van der Waals surface area contributed by atoms with Crippen LogP contribution in [0.5, 0.6) is 0 Å². The standard InChI is InChI=1S/C11H13O3P/c12-11(13)10(8-15-14)7-6-9-4-2-1-3-5-9/h1-5,10H,6-8H2,(H,12,13)/p+1. The van der Waals surface area contributed by atoms with Gasteiger partial charge in [0.25, 0.3) is 0 Å². The van der Waals surface area contributed by atoms with E-state index in [-0.39, 0.29) is 6.16 Å². The van der Waals surface area contributed by atoms with Crippen LogP contribution >= 0.6 is 8.46 Å². The molecule has 0 aliphatic heterocycles. The van der Waals surface area contributed by atoms with Crippen molar-refractivity contribution < 1.29 is 14.5 Å². The predicted molar refractivity (Wildman–Crippen MR) is 59.8 cm³/mol. The van der Waals surface area contributed by atoms with Gasteiger partial charge in [-0.1, -0.05) is 34.9 Å². The predicted octanol–water partition coefficient (Wildman–Crippen LogP) is 2.34. The molecule has 4 heteroatoms. The lowest BCUT2D eigenvalue weighted by molar-refractivity contribution is -0.141. The Bertz CT molecular complexity index is 324. The Kier molecular flexibility index (Phi) is 4.99. The molecule has 15 heavy (non-hydrogen) atoms. The molecule has 0 amide bonds. The van der Waals surface area contributed by atoms with Crippen molar-refractivity contribution in [1.29, 1.82) is 0 Å². The van der Waals surface area contributed by atoms with Gasteiger partial charge in [0.05, 0.1) is 0 Å². The third-order valence-corrected chi connectivity index (χ3v) is 2.96. The second-order valence-corrected chi connectivity index (χ2v) is 4.10. The van der Waals surface area contributed by atoms with Gasteiger partial charge < -0.3 is 5.11 Å². The maximum atomic E-state index is 10.8. The molecule has 1 aromatic rings. The quantitative estimate of drug-likeness (QED) is 0.756. The molecule has 0 aliphatic rings. The molecule has 0 aliphatic carbocycles. The van der Waals surface area contributed by atoms with E-state index >= 15 is 0 Å². The average Bonchev–Trinajstić information content (AvgIpc) is 2.25. The van der Waals surface area contributed by atoms with Gasteiger partial charge in [0.15, 0.2) is 6.16 Å². The molecule has 2 unspecified atom stereocenters. The molecule has 3 nitrogen and oxygen atoms in total. The van der Waals surface area contributed by atoms with Crippen molar-refractivity contribution in [3.63, 3.8) is 0 Å². The normalized spacial score (nSPS) is 12.5. The maximum Gasteiger partial charge on any atom is 0.325 e. The Balaban J connectivity index is 2.47. The summed E-state index contributed by atoms with van der Waals surface area (Å²) < 4.78 is 10.4. The smallest absolute Gasteiger partial charge is 0.325 e. The minimum Gasteiger partial charge on any atom is -0.481 e. The van der Waals surface area contributed by atoms with Crippen LogP contribution in [0.3, 0.4) is 0 Å². The van der Waals surface area contributed by atoms with Crippen molar-refractivity contribution in [2.24, 2.45) is 5.92 Å². The zero-order chi connectivity index (χ0) is 11.1. The summed E-state index contributed by atoms with van der Waals surface area (Å²) in [6.45, 7) is 0. The van der Waals surface area contributed by atoms with Crippen LogP contribution in [-0.2, 0) is 15.8 Å². The SMILES string of the molecule is O=[PH+]CC(CCc1ccccc1)C(=O)O. The van der Waals surface area contributed by atoms with E-state index in [2.05, 4.69) is 0 Å². The molecule has 2 atom stereocenters. The molecule has 80 valence electrons. The summed E-state index contributed by atoms with van der Waals surface area (Å²) >= 11 is 0. The van der Waals surface area contributed by atoms with Crippen LogP contribution in [0.1, 0.15) is 12.0 Å². The van der Waals surface area contributed by atoms with Crippen LogP contribution in [0.4, 0.5) is 0 Å². The summed E-state index contributed by atoms with van der Waals surface area (Å²) in [5.41, 5.74) is 1.12. The average molecular weight is 225 g/mol. The Morgan fingerprint density at radius 2 is 2.00 bits per heavy atom. The van der Waals surface area contributed by atoms with Crippen LogP contribution in [0.2, 0.25) is 0 Å². The Hall–Kier alpha value is -1.21. The highest BCUT2D eigenvalue weighted by Crippen LogP contribution is 2.14. The monoisotopic (exact) mass is 225 g/mol. The van der Waals surface area contributed by atoms with E-state index in [4.69, 9.17) is 5.11 Å². The zero-order valence-corrected chi connectivity index (χ0v) is 9.35. The van der Waals surface area contributed by atoms with Crippen LogP contribution < -0.4 is 0 Å². The van der Waals surface area contributed by atoms with E-state index in [1.807, 2.05) is 30.3 Å². The topological polar surface area (TPSA) is 54.4 Å².